The minimum atomic E-state index is 0.0873. The highest BCUT2D eigenvalue weighted by Crippen LogP contribution is 2.24. The number of benzene rings is 1. The molecule has 3 aromatic rings. The number of nitrogens with zero attached hydrogens (tertiary/aromatic N) is 5. The van der Waals surface area contributed by atoms with Crippen LogP contribution in [0.2, 0.25) is 10.0 Å². The van der Waals surface area contributed by atoms with E-state index in [0.717, 1.165) is 0 Å². The summed E-state index contributed by atoms with van der Waals surface area (Å²) in [6, 6.07) is 5.03. The molecule has 2 aromatic heterocycles. The van der Waals surface area contributed by atoms with Gasteiger partial charge >= 0.3 is 0 Å². The number of hydrogen-bond acceptors (Lipinski definition) is 6. The van der Waals surface area contributed by atoms with Crippen molar-refractivity contribution in [2.45, 2.75) is 0 Å². The fourth-order valence-corrected chi connectivity index (χ4v) is 2.21. The van der Waals surface area contributed by atoms with E-state index < -0.39 is 0 Å². The molecule has 2 heterocycles. The van der Waals surface area contributed by atoms with Crippen LogP contribution in [0.25, 0.3) is 5.95 Å². The first kappa shape index (κ1) is 13.6. The maximum Gasteiger partial charge on any atom is 0.241 e. The predicted octanol–water partition coefficient (Wildman–Crippen LogP) is 2.69. The second-order valence-corrected chi connectivity index (χ2v) is 4.94. The highest BCUT2D eigenvalue weighted by molar-refractivity contribution is 6.35. The van der Waals surface area contributed by atoms with Gasteiger partial charge in [-0.2, -0.15) is 15.0 Å². The molecule has 7 nitrogen and oxygen atoms in total. The third-order valence-corrected chi connectivity index (χ3v) is 2.93. The van der Waals surface area contributed by atoms with Crippen molar-refractivity contribution < 1.29 is 0 Å². The zero-order valence-corrected chi connectivity index (χ0v) is 12.0. The number of imidazole rings is 1. The summed E-state index contributed by atoms with van der Waals surface area (Å²) in [5, 5.41) is 3.99. The lowest BCUT2D eigenvalue weighted by Crippen LogP contribution is -2.08. The smallest absolute Gasteiger partial charge is 0.241 e. The van der Waals surface area contributed by atoms with E-state index in [1.54, 1.807) is 41.5 Å². The summed E-state index contributed by atoms with van der Waals surface area (Å²) in [7, 11) is 0. The Hall–Kier alpha value is -2.38. The van der Waals surface area contributed by atoms with Crippen LogP contribution in [0.3, 0.4) is 0 Å². The Bertz CT molecular complexity index is 753. The lowest BCUT2D eigenvalue weighted by Gasteiger charge is -2.08. The van der Waals surface area contributed by atoms with Gasteiger partial charge in [-0.3, -0.25) is 4.57 Å². The number of hydrogen-bond donors (Lipinski definition) is 2. The van der Waals surface area contributed by atoms with Crippen LogP contribution in [0.5, 0.6) is 0 Å². The zero-order chi connectivity index (χ0) is 14.8. The minimum Gasteiger partial charge on any atom is -0.368 e. The number of rotatable bonds is 3. The molecule has 0 saturated carbocycles. The average molecular weight is 322 g/mol. The van der Waals surface area contributed by atoms with Crippen molar-refractivity contribution in [1.82, 2.24) is 24.5 Å². The Labute approximate surface area is 129 Å². The van der Waals surface area contributed by atoms with Crippen LogP contribution in [0, 0.1) is 0 Å². The molecule has 0 spiro atoms. The van der Waals surface area contributed by atoms with Crippen LogP contribution in [-0.4, -0.2) is 24.5 Å². The van der Waals surface area contributed by atoms with E-state index >= 15 is 0 Å². The molecule has 9 heteroatoms. The molecule has 0 atom stereocenters. The first-order chi connectivity index (χ1) is 10.1. The molecule has 0 fully saturated rings. The average Bonchev–Trinajstić information content (AvgIpc) is 2.90. The van der Waals surface area contributed by atoms with Crippen LogP contribution in [0.1, 0.15) is 0 Å². The third-order valence-electron chi connectivity index (χ3n) is 2.49. The summed E-state index contributed by atoms with van der Waals surface area (Å²) in [5.41, 5.74) is 6.34. The summed E-state index contributed by atoms with van der Waals surface area (Å²) in [5.74, 6) is 0.726. The van der Waals surface area contributed by atoms with Gasteiger partial charge in [0, 0.05) is 28.1 Å². The molecule has 0 aliphatic heterocycles. The van der Waals surface area contributed by atoms with Gasteiger partial charge in [0.05, 0.1) is 0 Å². The van der Waals surface area contributed by atoms with Gasteiger partial charge in [0.2, 0.25) is 17.8 Å². The molecular formula is C12H9Cl2N7. The normalized spacial score (nSPS) is 10.6. The van der Waals surface area contributed by atoms with E-state index in [1.165, 1.54) is 0 Å². The van der Waals surface area contributed by atoms with Crippen molar-refractivity contribution in [2.24, 2.45) is 0 Å². The molecule has 0 radical (unpaired) electrons. The van der Waals surface area contributed by atoms with E-state index in [1.807, 2.05) is 0 Å². The summed E-state index contributed by atoms with van der Waals surface area (Å²) in [6.07, 6.45) is 4.88. The van der Waals surface area contributed by atoms with Crippen molar-refractivity contribution >= 4 is 40.8 Å². The first-order valence-electron chi connectivity index (χ1n) is 5.83. The molecule has 0 bridgehead atoms. The van der Waals surface area contributed by atoms with Crippen LogP contribution in [-0.2, 0) is 0 Å². The standard InChI is InChI=1S/C12H9Cl2N7/c13-7-3-8(14)5-9(4-7)17-11-18-10(15)19-12(20-11)21-2-1-16-6-21/h1-6H,(H3,15,17,18,19,20). The lowest BCUT2D eigenvalue weighted by molar-refractivity contribution is 0.906. The van der Waals surface area contributed by atoms with E-state index in [9.17, 15) is 0 Å². The predicted molar refractivity (Wildman–Crippen MR) is 81.1 cm³/mol. The molecule has 3 rings (SSSR count). The van der Waals surface area contributed by atoms with Crippen molar-refractivity contribution in [3.63, 3.8) is 0 Å². The minimum absolute atomic E-state index is 0.0873. The van der Waals surface area contributed by atoms with Crippen molar-refractivity contribution in [3.05, 3.63) is 47.0 Å². The lowest BCUT2D eigenvalue weighted by atomic mass is 10.3. The molecule has 0 saturated heterocycles. The fraction of sp³-hybridized carbons (Fsp3) is 0. The molecule has 106 valence electrons. The van der Waals surface area contributed by atoms with Crippen molar-refractivity contribution in [2.75, 3.05) is 11.1 Å². The van der Waals surface area contributed by atoms with Gasteiger partial charge in [0.15, 0.2) is 0 Å². The van der Waals surface area contributed by atoms with Crippen molar-refractivity contribution in [1.29, 1.82) is 0 Å². The highest BCUT2D eigenvalue weighted by Gasteiger charge is 2.07. The Morgan fingerprint density at radius 3 is 2.48 bits per heavy atom. The molecular weight excluding hydrogens is 313 g/mol. The number of halogens is 2. The quantitative estimate of drug-likeness (QED) is 0.770. The summed E-state index contributed by atoms with van der Waals surface area (Å²) >= 11 is 11.9. The van der Waals surface area contributed by atoms with Gasteiger partial charge in [0.25, 0.3) is 0 Å². The number of nitrogen functional groups attached to an aromatic ring is 1. The summed E-state index contributed by atoms with van der Waals surface area (Å²) < 4.78 is 1.62. The van der Waals surface area contributed by atoms with Gasteiger partial charge in [0.1, 0.15) is 6.33 Å². The van der Waals surface area contributed by atoms with Gasteiger partial charge in [-0.15, -0.1) is 0 Å². The maximum atomic E-state index is 5.95. The van der Waals surface area contributed by atoms with Crippen molar-refractivity contribution in [3.8, 4) is 5.95 Å². The van der Waals surface area contributed by atoms with Gasteiger partial charge < -0.3 is 11.1 Å². The van der Waals surface area contributed by atoms with Crippen LogP contribution in [0.4, 0.5) is 17.6 Å². The molecule has 0 amide bonds. The van der Waals surface area contributed by atoms with E-state index in [-0.39, 0.29) is 11.9 Å². The first-order valence-corrected chi connectivity index (χ1v) is 6.59. The highest BCUT2D eigenvalue weighted by atomic mass is 35.5. The Morgan fingerprint density at radius 1 is 1.05 bits per heavy atom. The molecule has 0 aliphatic rings. The second-order valence-electron chi connectivity index (χ2n) is 4.07. The number of aromatic nitrogens is 5. The maximum absolute atomic E-state index is 5.95. The summed E-state index contributed by atoms with van der Waals surface area (Å²) in [4.78, 5) is 16.2. The Kier molecular flexibility index (Phi) is 3.59. The summed E-state index contributed by atoms with van der Waals surface area (Å²) in [6.45, 7) is 0. The van der Waals surface area contributed by atoms with Crippen LogP contribution < -0.4 is 11.1 Å². The van der Waals surface area contributed by atoms with Gasteiger partial charge in [-0.25, -0.2) is 4.98 Å². The van der Waals surface area contributed by atoms with Gasteiger partial charge in [-0.1, -0.05) is 23.2 Å². The van der Waals surface area contributed by atoms with Crippen LogP contribution in [0.15, 0.2) is 36.9 Å². The number of anilines is 3. The molecule has 1 aromatic carbocycles. The van der Waals surface area contributed by atoms with E-state index in [2.05, 4.69) is 25.3 Å². The number of nitrogens with one attached hydrogen (secondary N) is 1. The zero-order valence-electron chi connectivity index (χ0n) is 10.5. The largest absolute Gasteiger partial charge is 0.368 e. The third kappa shape index (κ3) is 3.21. The Balaban J connectivity index is 1.95. The van der Waals surface area contributed by atoms with Gasteiger partial charge in [-0.05, 0) is 18.2 Å². The van der Waals surface area contributed by atoms with E-state index in [0.29, 0.717) is 21.7 Å². The van der Waals surface area contributed by atoms with E-state index in [4.69, 9.17) is 28.9 Å². The monoisotopic (exact) mass is 321 g/mol. The molecule has 3 N–H and O–H groups in total. The SMILES string of the molecule is Nc1nc(Nc2cc(Cl)cc(Cl)c2)nc(-n2ccnc2)n1. The fourth-order valence-electron chi connectivity index (χ4n) is 1.68. The topological polar surface area (TPSA) is 94.5 Å². The molecule has 0 unspecified atom stereocenters. The number of nitrogens with two attached hydrogens (primary N) is 1. The second kappa shape index (κ2) is 5.55. The molecule has 21 heavy (non-hydrogen) atoms. The Morgan fingerprint density at radius 2 is 1.81 bits per heavy atom. The van der Waals surface area contributed by atoms with Crippen LogP contribution >= 0.6 is 23.2 Å². The molecule has 0 aliphatic carbocycles.